The second-order valence-corrected chi connectivity index (χ2v) is 10.3. The molecule has 1 aromatic heterocycles. The minimum Gasteiger partial charge on any atom is -0.495 e. The number of nitrogens with two attached hydrogens (primary N) is 2. The standard InChI is InChI=1S/C29H29F2N5O5/c1-29(28(33)39)13-41-26-19(29)10-21(36-25(26)18-6-3-16(30)9-20(18)31)22(37)12-35-27(38)14-7-15(11-34-17-4-5-17)24(32)23(8-14)40-2/h3,6-11,17,22,37H,4-5,12-13,32H2,1-2H3,(H2,33,39)(H,35,38)/t22-,29+/m1/s1. The second-order valence-electron chi connectivity index (χ2n) is 10.3. The molecule has 1 aliphatic heterocycles. The number of ether oxygens (including phenoxy) is 2. The van der Waals surface area contributed by atoms with Crippen molar-refractivity contribution in [1.29, 1.82) is 0 Å². The van der Waals surface area contributed by atoms with Crippen LogP contribution in [0.3, 0.4) is 0 Å². The largest absolute Gasteiger partial charge is 0.495 e. The number of rotatable bonds is 9. The van der Waals surface area contributed by atoms with Crippen molar-refractivity contribution in [2.24, 2.45) is 10.7 Å². The molecule has 1 aliphatic carbocycles. The van der Waals surface area contributed by atoms with Crippen molar-refractivity contribution in [3.63, 3.8) is 0 Å². The van der Waals surface area contributed by atoms with E-state index in [1.54, 1.807) is 19.2 Å². The summed E-state index contributed by atoms with van der Waals surface area (Å²) in [5, 5.41) is 13.7. The third-order valence-electron chi connectivity index (χ3n) is 7.25. The van der Waals surface area contributed by atoms with Gasteiger partial charge < -0.3 is 31.4 Å². The van der Waals surface area contributed by atoms with Crippen molar-refractivity contribution in [1.82, 2.24) is 10.3 Å². The van der Waals surface area contributed by atoms with Gasteiger partial charge in [-0.3, -0.25) is 14.6 Å². The quantitative estimate of drug-likeness (QED) is 0.229. The molecule has 0 unspecified atom stereocenters. The summed E-state index contributed by atoms with van der Waals surface area (Å²) in [5.74, 6) is -2.52. The van der Waals surface area contributed by atoms with Crippen molar-refractivity contribution in [3.8, 4) is 22.8 Å². The smallest absolute Gasteiger partial charge is 0.251 e. The van der Waals surface area contributed by atoms with Gasteiger partial charge in [0.1, 0.15) is 47.0 Å². The van der Waals surface area contributed by atoms with E-state index in [0.29, 0.717) is 28.6 Å². The molecular weight excluding hydrogens is 536 g/mol. The molecule has 5 rings (SSSR count). The van der Waals surface area contributed by atoms with Gasteiger partial charge in [-0.25, -0.2) is 13.8 Å². The summed E-state index contributed by atoms with van der Waals surface area (Å²) >= 11 is 0. The number of halogens is 2. The molecule has 2 atom stereocenters. The number of aliphatic imine (C=N–C) groups is 1. The van der Waals surface area contributed by atoms with E-state index in [4.69, 9.17) is 20.9 Å². The molecule has 41 heavy (non-hydrogen) atoms. The molecule has 2 heterocycles. The molecule has 0 radical (unpaired) electrons. The number of benzene rings is 2. The number of carbonyl (C=O) groups is 2. The van der Waals surface area contributed by atoms with Gasteiger partial charge in [0.05, 0.1) is 24.5 Å². The van der Waals surface area contributed by atoms with Gasteiger partial charge in [0, 0.05) is 41.1 Å². The SMILES string of the molecule is COc1cc(C(=O)NC[C@@H](O)c2cc3c(c(-c4ccc(F)cc4F)n2)OC[C@]3(C)C(N)=O)cc(C=NC2CC2)c1N. The number of anilines is 1. The molecule has 1 fully saturated rings. The molecule has 0 saturated heterocycles. The highest BCUT2D eigenvalue weighted by Gasteiger charge is 2.44. The number of hydrogen-bond acceptors (Lipinski definition) is 8. The normalized spacial score (nSPS) is 18.6. The first-order chi connectivity index (χ1) is 19.5. The molecule has 2 amide bonds. The van der Waals surface area contributed by atoms with Crippen molar-refractivity contribution < 1.29 is 33.0 Å². The van der Waals surface area contributed by atoms with Gasteiger partial charge in [0.15, 0.2) is 0 Å². The number of methoxy groups -OCH3 is 1. The highest BCUT2D eigenvalue weighted by atomic mass is 19.1. The van der Waals surface area contributed by atoms with E-state index in [1.807, 2.05) is 0 Å². The number of carbonyl (C=O) groups excluding carboxylic acids is 2. The fraction of sp³-hybridized carbons (Fsp3) is 0.310. The zero-order valence-corrected chi connectivity index (χ0v) is 22.4. The Morgan fingerprint density at radius 3 is 2.71 bits per heavy atom. The van der Waals surface area contributed by atoms with Crippen LogP contribution < -0.4 is 26.3 Å². The van der Waals surface area contributed by atoms with Gasteiger partial charge in [-0.2, -0.15) is 0 Å². The molecule has 2 aliphatic rings. The summed E-state index contributed by atoms with van der Waals surface area (Å²) in [6.45, 7) is 1.14. The van der Waals surface area contributed by atoms with Gasteiger partial charge in [0.2, 0.25) is 5.91 Å². The van der Waals surface area contributed by atoms with E-state index >= 15 is 0 Å². The molecule has 0 spiro atoms. The number of hydrogen-bond donors (Lipinski definition) is 4. The molecule has 6 N–H and O–H groups in total. The van der Waals surface area contributed by atoms with Crippen molar-refractivity contribution in [3.05, 3.63) is 70.4 Å². The first-order valence-corrected chi connectivity index (χ1v) is 12.9. The van der Waals surface area contributed by atoms with Crippen LogP contribution in [0.5, 0.6) is 11.5 Å². The zero-order valence-electron chi connectivity index (χ0n) is 22.4. The number of aromatic nitrogens is 1. The first-order valence-electron chi connectivity index (χ1n) is 12.9. The maximum atomic E-state index is 14.8. The first kappa shape index (κ1) is 28.0. The van der Waals surface area contributed by atoms with E-state index < -0.39 is 35.0 Å². The lowest BCUT2D eigenvalue weighted by Gasteiger charge is -2.20. The van der Waals surface area contributed by atoms with Crippen LogP contribution in [-0.2, 0) is 10.2 Å². The average molecular weight is 566 g/mol. The number of nitrogen functional groups attached to an aromatic ring is 1. The maximum Gasteiger partial charge on any atom is 0.251 e. The lowest BCUT2D eigenvalue weighted by Crippen LogP contribution is -2.40. The van der Waals surface area contributed by atoms with Crippen LogP contribution >= 0.6 is 0 Å². The summed E-state index contributed by atoms with van der Waals surface area (Å²) in [6, 6.07) is 7.68. The molecule has 0 bridgehead atoms. The predicted octanol–water partition coefficient (Wildman–Crippen LogP) is 2.80. The number of nitrogens with zero attached hydrogens (tertiary/aromatic N) is 2. The predicted molar refractivity (Wildman–Crippen MR) is 147 cm³/mol. The maximum absolute atomic E-state index is 14.8. The Morgan fingerprint density at radius 1 is 1.29 bits per heavy atom. The Morgan fingerprint density at radius 2 is 2.05 bits per heavy atom. The van der Waals surface area contributed by atoms with Gasteiger partial charge in [0.25, 0.3) is 5.91 Å². The van der Waals surface area contributed by atoms with Crippen LogP contribution in [0.2, 0.25) is 0 Å². The number of aliphatic hydroxyl groups excluding tert-OH is 1. The lowest BCUT2D eigenvalue weighted by atomic mass is 9.83. The Hall–Kier alpha value is -4.58. The average Bonchev–Trinajstić information content (AvgIpc) is 3.71. The Kier molecular flexibility index (Phi) is 7.35. The van der Waals surface area contributed by atoms with Crippen LogP contribution in [0.1, 0.15) is 53.0 Å². The number of amides is 2. The third-order valence-corrected chi connectivity index (χ3v) is 7.25. The van der Waals surface area contributed by atoms with Crippen LogP contribution in [0, 0.1) is 11.6 Å². The lowest BCUT2D eigenvalue weighted by molar-refractivity contribution is -0.123. The number of pyridine rings is 1. The molecular formula is C29H29F2N5O5. The Bertz CT molecular complexity index is 1580. The number of fused-ring (bicyclic) bond motifs is 1. The molecule has 214 valence electrons. The van der Waals surface area contributed by atoms with Gasteiger partial charge in [-0.15, -0.1) is 0 Å². The molecule has 3 aromatic rings. The fourth-order valence-corrected chi connectivity index (χ4v) is 4.50. The molecule has 2 aromatic carbocycles. The Balaban J connectivity index is 1.44. The zero-order chi connectivity index (χ0) is 29.5. The summed E-state index contributed by atoms with van der Waals surface area (Å²) < 4.78 is 39.4. The minimum absolute atomic E-state index is 0.0212. The van der Waals surface area contributed by atoms with Gasteiger partial charge in [-0.1, -0.05) is 0 Å². The van der Waals surface area contributed by atoms with Crippen LogP contribution in [-0.4, -0.2) is 54.4 Å². The summed E-state index contributed by atoms with van der Waals surface area (Å²) in [6.07, 6.45) is 2.24. The summed E-state index contributed by atoms with van der Waals surface area (Å²) in [5.41, 5.74) is 11.8. The molecule has 10 nitrogen and oxygen atoms in total. The minimum atomic E-state index is -1.38. The van der Waals surface area contributed by atoms with E-state index in [1.165, 1.54) is 25.3 Å². The van der Waals surface area contributed by atoms with E-state index in [9.17, 15) is 23.5 Å². The van der Waals surface area contributed by atoms with E-state index in [2.05, 4.69) is 15.3 Å². The summed E-state index contributed by atoms with van der Waals surface area (Å²) in [4.78, 5) is 34.2. The van der Waals surface area contributed by atoms with E-state index in [-0.39, 0.29) is 47.5 Å². The number of aliphatic hydroxyl groups is 1. The number of nitrogens with one attached hydrogen (secondary N) is 1. The van der Waals surface area contributed by atoms with Crippen molar-refractivity contribution >= 4 is 23.7 Å². The van der Waals surface area contributed by atoms with Crippen molar-refractivity contribution in [2.45, 2.75) is 37.3 Å². The van der Waals surface area contributed by atoms with Crippen molar-refractivity contribution in [2.75, 3.05) is 26.0 Å². The topological polar surface area (TPSA) is 162 Å². The molecule has 12 heteroatoms. The fourth-order valence-electron chi connectivity index (χ4n) is 4.50. The summed E-state index contributed by atoms with van der Waals surface area (Å²) in [7, 11) is 1.43. The van der Waals surface area contributed by atoms with Gasteiger partial charge >= 0.3 is 0 Å². The van der Waals surface area contributed by atoms with Gasteiger partial charge in [-0.05, 0) is 50.1 Å². The van der Waals surface area contributed by atoms with Crippen LogP contribution in [0.4, 0.5) is 14.5 Å². The monoisotopic (exact) mass is 565 g/mol. The third kappa shape index (κ3) is 5.42. The van der Waals surface area contributed by atoms with Crippen LogP contribution in [0.15, 0.2) is 41.4 Å². The highest BCUT2D eigenvalue weighted by Crippen LogP contribution is 2.45. The number of primary amides is 1. The van der Waals surface area contributed by atoms with Crippen LogP contribution in [0.25, 0.3) is 11.3 Å². The Labute approximate surface area is 234 Å². The second kappa shape index (κ2) is 10.8. The highest BCUT2D eigenvalue weighted by molar-refractivity contribution is 5.99. The van der Waals surface area contributed by atoms with E-state index in [0.717, 1.165) is 18.9 Å². The molecule has 1 saturated carbocycles.